The van der Waals surface area contributed by atoms with Gasteiger partial charge in [0.25, 0.3) is 0 Å². The molecule has 2 rings (SSSR count). The van der Waals surface area contributed by atoms with Gasteiger partial charge in [0.2, 0.25) is 5.88 Å². The van der Waals surface area contributed by atoms with Gasteiger partial charge in [-0.05, 0) is 19.4 Å². The van der Waals surface area contributed by atoms with Gasteiger partial charge in [-0.25, -0.2) is 0 Å². The van der Waals surface area contributed by atoms with Crippen LogP contribution in [0.25, 0.3) is 5.57 Å². The van der Waals surface area contributed by atoms with Crippen molar-refractivity contribution in [2.24, 2.45) is 4.99 Å². The van der Waals surface area contributed by atoms with Gasteiger partial charge in [0.05, 0.1) is 6.34 Å². The van der Waals surface area contributed by atoms with Gasteiger partial charge < -0.3 is 9.73 Å². The second kappa shape index (κ2) is 6.74. The van der Waals surface area contributed by atoms with Crippen molar-refractivity contribution in [3.05, 3.63) is 35.6 Å². The molecule has 0 unspecified atom stereocenters. The SMILES string of the molecule is CC.CN=CNc1oc(C2=CCC=C2)cc1C. The van der Waals surface area contributed by atoms with Crippen molar-refractivity contribution in [3.63, 3.8) is 0 Å². The van der Waals surface area contributed by atoms with Gasteiger partial charge >= 0.3 is 0 Å². The van der Waals surface area contributed by atoms with Crippen LogP contribution in [-0.2, 0) is 0 Å². The molecule has 0 bridgehead atoms. The molecule has 1 aromatic rings. The molecule has 92 valence electrons. The number of aliphatic imine (C=N–C) groups is 1. The van der Waals surface area contributed by atoms with E-state index in [4.69, 9.17) is 4.42 Å². The molecule has 0 saturated carbocycles. The molecule has 0 aliphatic heterocycles. The molecular formula is C14H20N2O. The molecule has 0 amide bonds. The first kappa shape index (κ1) is 13.3. The van der Waals surface area contributed by atoms with Crippen molar-refractivity contribution < 1.29 is 4.42 Å². The van der Waals surface area contributed by atoms with Crippen LogP contribution in [0, 0.1) is 6.92 Å². The fourth-order valence-corrected chi connectivity index (χ4v) is 1.53. The van der Waals surface area contributed by atoms with Gasteiger partial charge in [0.15, 0.2) is 0 Å². The third-order valence-electron chi connectivity index (χ3n) is 2.30. The molecule has 0 radical (unpaired) electrons. The summed E-state index contributed by atoms with van der Waals surface area (Å²) in [6.45, 7) is 6.01. The summed E-state index contributed by atoms with van der Waals surface area (Å²) >= 11 is 0. The van der Waals surface area contributed by atoms with Crippen molar-refractivity contribution in [1.82, 2.24) is 0 Å². The predicted molar refractivity (Wildman–Crippen MR) is 74.6 cm³/mol. The zero-order chi connectivity index (χ0) is 12.7. The van der Waals surface area contributed by atoms with E-state index in [0.29, 0.717) is 0 Å². The number of nitrogens with one attached hydrogen (secondary N) is 1. The lowest BCUT2D eigenvalue weighted by molar-refractivity contribution is 0.572. The van der Waals surface area contributed by atoms with Gasteiger partial charge in [-0.15, -0.1) is 0 Å². The van der Waals surface area contributed by atoms with Crippen LogP contribution in [0.1, 0.15) is 31.6 Å². The zero-order valence-electron chi connectivity index (χ0n) is 10.9. The minimum Gasteiger partial charge on any atom is -0.440 e. The van der Waals surface area contributed by atoms with E-state index >= 15 is 0 Å². The van der Waals surface area contributed by atoms with Gasteiger partial charge in [0, 0.05) is 18.2 Å². The molecule has 1 aromatic heterocycles. The largest absolute Gasteiger partial charge is 0.440 e. The number of rotatable bonds is 3. The minimum absolute atomic E-state index is 0.761. The quantitative estimate of drug-likeness (QED) is 0.631. The average Bonchev–Trinajstić information content (AvgIpc) is 2.98. The lowest BCUT2D eigenvalue weighted by Gasteiger charge is -1.95. The number of hydrogen-bond acceptors (Lipinski definition) is 2. The Hall–Kier alpha value is -1.77. The molecule has 1 heterocycles. The Kier molecular flexibility index (Phi) is 5.27. The van der Waals surface area contributed by atoms with Crippen LogP contribution in [0.2, 0.25) is 0 Å². The number of allylic oxidation sites excluding steroid dienone is 4. The molecule has 1 aliphatic carbocycles. The Morgan fingerprint density at radius 1 is 1.41 bits per heavy atom. The van der Waals surface area contributed by atoms with Crippen LogP contribution in [0.15, 0.2) is 33.7 Å². The molecular weight excluding hydrogens is 212 g/mol. The molecule has 0 spiro atoms. The van der Waals surface area contributed by atoms with Gasteiger partial charge in [-0.3, -0.25) is 4.99 Å². The Labute approximate surface area is 103 Å². The van der Waals surface area contributed by atoms with E-state index in [0.717, 1.165) is 29.2 Å². The molecule has 3 nitrogen and oxygen atoms in total. The predicted octanol–water partition coefficient (Wildman–Crippen LogP) is 4.03. The van der Waals surface area contributed by atoms with Crippen molar-refractivity contribution >= 4 is 17.8 Å². The van der Waals surface area contributed by atoms with E-state index in [2.05, 4.69) is 28.5 Å². The summed E-state index contributed by atoms with van der Waals surface area (Å²) in [6.07, 6.45) is 8.96. The highest BCUT2D eigenvalue weighted by atomic mass is 16.4. The molecule has 1 aliphatic rings. The van der Waals surface area contributed by atoms with Crippen LogP contribution in [0.5, 0.6) is 0 Å². The van der Waals surface area contributed by atoms with Gasteiger partial charge in [-0.2, -0.15) is 0 Å². The van der Waals surface area contributed by atoms with E-state index in [-0.39, 0.29) is 0 Å². The van der Waals surface area contributed by atoms with Gasteiger partial charge in [0.1, 0.15) is 5.76 Å². The topological polar surface area (TPSA) is 37.5 Å². The fourth-order valence-electron chi connectivity index (χ4n) is 1.53. The summed E-state index contributed by atoms with van der Waals surface area (Å²) < 4.78 is 5.68. The van der Waals surface area contributed by atoms with E-state index < -0.39 is 0 Å². The molecule has 0 atom stereocenters. The number of aryl methyl sites for hydroxylation is 1. The second-order valence-corrected chi connectivity index (χ2v) is 3.45. The Morgan fingerprint density at radius 2 is 2.18 bits per heavy atom. The highest BCUT2D eigenvalue weighted by molar-refractivity contribution is 5.78. The lowest BCUT2D eigenvalue weighted by Crippen LogP contribution is -1.93. The summed E-state index contributed by atoms with van der Waals surface area (Å²) in [6, 6.07) is 2.04. The maximum Gasteiger partial charge on any atom is 0.201 e. The Balaban J connectivity index is 0.000000686. The lowest BCUT2D eigenvalue weighted by atomic mass is 10.2. The Morgan fingerprint density at radius 3 is 2.76 bits per heavy atom. The Bertz CT molecular complexity index is 439. The number of nitrogens with zero attached hydrogens (tertiary/aromatic N) is 1. The highest BCUT2D eigenvalue weighted by Crippen LogP contribution is 2.28. The maximum atomic E-state index is 5.68. The first-order valence-corrected chi connectivity index (χ1v) is 5.96. The standard InChI is InChI=1S/C12H14N2O.C2H6/c1-9-7-11(10-5-3-4-6-10)15-12(9)14-8-13-2;1-2/h3,5-8H,4H2,1-2H3,(H,13,14);1-2H3. The number of anilines is 1. The molecule has 1 N–H and O–H groups in total. The summed E-state index contributed by atoms with van der Waals surface area (Å²) in [5.74, 6) is 1.67. The molecule has 0 saturated heterocycles. The van der Waals surface area contributed by atoms with Crippen molar-refractivity contribution in [3.8, 4) is 0 Å². The number of furan rings is 1. The second-order valence-electron chi connectivity index (χ2n) is 3.45. The van der Waals surface area contributed by atoms with E-state index in [1.54, 1.807) is 13.4 Å². The molecule has 17 heavy (non-hydrogen) atoms. The van der Waals surface area contributed by atoms with Crippen LogP contribution in [-0.4, -0.2) is 13.4 Å². The fraction of sp³-hybridized carbons (Fsp3) is 0.357. The van der Waals surface area contributed by atoms with E-state index in [1.807, 2.05) is 26.8 Å². The van der Waals surface area contributed by atoms with E-state index in [9.17, 15) is 0 Å². The van der Waals surface area contributed by atoms with Crippen LogP contribution < -0.4 is 5.32 Å². The highest BCUT2D eigenvalue weighted by Gasteiger charge is 2.10. The maximum absolute atomic E-state index is 5.68. The molecule has 3 heteroatoms. The van der Waals surface area contributed by atoms with Crippen LogP contribution >= 0.6 is 0 Å². The summed E-state index contributed by atoms with van der Waals surface area (Å²) in [5.41, 5.74) is 2.24. The van der Waals surface area contributed by atoms with Crippen molar-refractivity contribution in [2.75, 3.05) is 12.4 Å². The first-order chi connectivity index (χ1) is 8.31. The first-order valence-electron chi connectivity index (χ1n) is 5.96. The van der Waals surface area contributed by atoms with Crippen LogP contribution in [0.4, 0.5) is 5.88 Å². The normalized spacial score (nSPS) is 13.5. The van der Waals surface area contributed by atoms with Gasteiger partial charge in [-0.1, -0.05) is 32.1 Å². The number of hydrogen-bond donors (Lipinski definition) is 1. The summed E-state index contributed by atoms with van der Waals surface area (Å²) in [7, 11) is 1.72. The summed E-state index contributed by atoms with van der Waals surface area (Å²) in [4.78, 5) is 3.85. The third-order valence-corrected chi connectivity index (χ3v) is 2.30. The monoisotopic (exact) mass is 232 g/mol. The van der Waals surface area contributed by atoms with E-state index in [1.165, 1.54) is 0 Å². The minimum atomic E-state index is 0.761. The third kappa shape index (κ3) is 3.34. The van der Waals surface area contributed by atoms with Crippen molar-refractivity contribution in [2.45, 2.75) is 27.2 Å². The van der Waals surface area contributed by atoms with Crippen LogP contribution in [0.3, 0.4) is 0 Å². The molecule has 0 fully saturated rings. The average molecular weight is 232 g/mol. The summed E-state index contributed by atoms with van der Waals surface area (Å²) in [5, 5.41) is 3.00. The molecule has 0 aromatic carbocycles. The van der Waals surface area contributed by atoms with Crippen molar-refractivity contribution in [1.29, 1.82) is 0 Å². The zero-order valence-corrected chi connectivity index (χ0v) is 10.9. The smallest absolute Gasteiger partial charge is 0.201 e.